The number of nitrogens with zero attached hydrogens (tertiary/aromatic N) is 1. The van der Waals surface area contributed by atoms with E-state index in [4.69, 9.17) is 14.6 Å². The van der Waals surface area contributed by atoms with E-state index in [0.717, 1.165) is 13.0 Å². The molecule has 1 N–H and O–H groups in total. The third kappa shape index (κ3) is 4.15. The minimum Gasteiger partial charge on any atom is -0.480 e. The molecule has 1 fully saturated rings. The number of morpholine rings is 1. The Balaban J connectivity index is 2.26. The van der Waals surface area contributed by atoms with Gasteiger partial charge in [-0.05, 0) is 13.3 Å². The zero-order valence-electron chi connectivity index (χ0n) is 9.15. The van der Waals surface area contributed by atoms with Crippen LogP contribution in [0.3, 0.4) is 0 Å². The molecule has 5 nitrogen and oxygen atoms in total. The molecular weight excluding hydrogens is 198 g/mol. The van der Waals surface area contributed by atoms with Gasteiger partial charge in [-0.2, -0.15) is 0 Å². The molecule has 0 aromatic rings. The van der Waals surface area contributed by atoms with Crippen LogP contribution in [0.15, 0.2) is 0 Å². The third-order valence-corrected chi connectivity index (χ3v) is 2.46. The highest BCUT2D eigenvalue weighted by Crippen LogP contribution is 2.07. The maximum atomic E-state index is 10.9. The van der Waals surface area contributed by atoms with Crippen LogP contribution in [0.1, 0.15) is 13.3 Å². The number of hydrogen-bond acceptors (Lipinski definition) is 4. The Morgan fingerprint density at radius 3 is 3.13 bits per heavy atom. The van der Waals surface area contributed by atoms with Gasteiger partial charge in [0.2, 0.25) is 0 Å². The predicted molar refractivity (Wildman–Crippen MR) is 54.9 cm³/mol. The van der Waals surface area contributed by atoms with Crippen molar-refractivity contribution < 1.29 is 19.4 Å². The van der Waals surface area contributed by atoms with Gasteiger partial charge in [-0.15, -0.1) is 0 Å². The van der Waals surface area contributed by atoms with Crippen molar-refractivity contribution in [2.75, 3.05) is 39.5 Å². The molecule has 0 spiro atoms. The van der Waals surface area contributed by atoms with Crippen LogP contribution >= 0.6 is 0 Å². The second kappa shape index (κ2) is 6.76. The highest BCUT2D eigenvalue weighted by Gasteiger charge is 2.28. The van der Waals surface area contributed by atoms with Gasteiger partial charge in [-0.1, -0.05) is 0 Å². The van der Waals surface area contributed by atoms with Crippen LogP contribution < -0.4 is 0 Å². The zero-order chi connectivity index (χ0) is 11.1. The monoisotopic (exact) mass is 217 g/mol. The van der Waals surface area contributed by atoms with E-state index in [1.807, 2.05) is 11.8 Å². The van der Waals surface area contributed by atoms with Crippen molar-refractivity contribution in [3.05, 3.63) is 0 Å². The first kappa shape index (κ1) is 12.4. The molecule has 0 aromatic heterocycles. The molecule has 1 aliphatic heterocycles. The molecule has 1 rings (SSSR count). The van der Waals surface area contributed by atoms with Crippen molar-refractivity contribution in [3.8, 4) is 0 Å². The lowest BCUT2D eigenvalue weighted by Crippen LogP contribution is -2.50. The second-order valence-corrected chi connectivity index (χ2v) is 3.52. The number of rotatable bonds is 6. The SMILES string of the molecule is CCOCCCN1CCOCC1C(=O)O. The number of ether oxygens (including phenoxy) is 2. The molecule has 5 heteroatoms. The van der Waals surface area contributed by atoms with Crippen LogP contribution in [-0.2, 0) is 14.3 Å². The summed E-state index contributed by atoms with van der Waals surface area (Å²) >= 11 is 0. The molecule has 88 valence electrons. The topological polar surface area (TPSA) is 59.0 Å². The largest absolute Gasteiger partial charge is 0.480 e. The summed E-state index contributed by atoms with van der Waals surface area (Å²) in [6, 6.07) is -0.486. The summed E-state index contributed by atoms with van der Waals surface area (Å²) in [5.74, 6) is -0.800. The molecule has 15 heavy (non-hydrogen) atoms. The molecule has 1 heterocycles. The lowest BCUT2D eigenvalue weighted by molar-refractivity contribution is -0.149. The molecule has 1 aliphatic rings. The summed E-state index contributed by atoms with van der Waals surface area (Å²) in [5.41, 5.74) is 0. The Kier molecular flexibility index (Phi) is 5.60. The standard InChI is InChI=1S/C10H19NO4/c1-2-14-6-3-4-11-5-7-15-8-9(11)10(12)13/h9H,2-8H2,1H3,(H,12,13). The van der Waals surface area contributed by atoms with Crippen LogP contribution in [0, 0.1) is 0 Å². The van der Waals surface area contributed by atoms with Gasteiger partial charge in [0.15, 0.2) is 0 Å². The van der Waals surface area contributed by atoms with Crippen LogP contribution in [0.25, 0.3) is 0 Å². The quantitative estimate of drug-likeness (QED) is 0.644. The van der Waals surface area contributed by atoms with Gasteiger partial charge in [-0.25, -0.2) is 0 Å². The molecule has 0 aromatic carbocycles. The summed E-state index contributed by atoms with van der Waals surface area (Å²) in [7, 11) is 0. The van der Waals surface area contributed by atoms with E-state index >= 15 is 0 Å². The highest BCUT2D eigenvalue weighted by molar-refractivity contribution is 5.73. The van der Waals surface area contributed by atoms with Crippen molar-refractivity contribution in [2.45, 2.75) is 19.4 Å². The molecular formula is C10H19NO4. The van der Waals surface area contributed by atoms with Crippen molar-refractivity contribution in [2.24, 2.45) is 0 Å². The number of carboxylic acid groups (broad SMARTS) is 1. The third-order valence-electron chi connectivity index (χ3n) is 2.46. The van der Waals surface area contributed by atoms with E-state index in [2.05, 4.69) is 0 Å². The maximum Gasteiger partial charge on any atom is 0.323 e. The van der Waals surface area contributed by atoms with Gasteiger partial charge in [0, 0.05) is 26.3 Å². The van der Waals surface area contributed by atoms with Gasteiger partial charge < -0.3 is 14.6 Å². The predicted octanol–water partition coefficient (Wildman–Crippen LogP) is 0.198. The van der Waals surface area contributed by atoms with Crippen molar-refractivity contribution in [1.82, 2.24) is 4.90 Å². The molecule has 0 radical (unpaired) electrons. The number of aliphatic carboxylic acids is 1. The molecule has 1 atom stereocenters. The van der Waals surface area contributed by atoms with Crippen molar-refractivity contribution >= 4 is 5.97 Å². The molecule has 1 unspecified atom stereocenters. The van der Waals surface area contributed by atoms with E-state index in [1.54, 1.807) is 0 Å². The first-order valence-corrected chi connectivity index (χ1v) is 5.38. The zero-order valence-corrected chi connectivity index (χ0v) is 9.15. The highest BCUT2D eigenvalue weighted by atomic mass is 16.5. The number of carbonyl (C=O) groups is 1. The Morgan fingerprint density at radius 2 is 2.47 bits per heavy atom. The van der Waals surface area contributed by atoms with Crippen molar-refractivity contribution in [3.63, 3.8) is 0 Å². The second-order valence-electron chi connectivity index (χ2n) is 3.52. The molecule has 0 amide bonds. The summed E-state index contributed by atoms with van der Waals surface area (Å²) in [6.45, 7) is 5.74. The summed E-state index contributed by atoms with van der Waals surface area (Å²) in [6.07, 6.45) is 0.873. The number of carboxylic acids is 1. The minimum absolute atomic E-state index is 0.296. The summed E-state index contributed by atoms with van der Waals surface area (Å²) in [5, 5.41) is 8.96. The molecule has 1 saturated heterocycles. The van der Waals surface area contributed by atoms with Crippen LogP contribution in [0.5, 0.6) is 0 Å². The van der Waals surface area contributed by atoms with Crippen molar-refractivity contribution in [1.29, 1.82) is 0 Å². The normalized spacial score (nSPS) is 22.9. The smallest absolute Gasteiger partial charge is 0.323 e. The van der Waals surface area contributed by atoms with Gasteiger partial charge in [0.05, 0.1) is 13.2 Å². The Hall–Kier alpha value is -0.650. The fourth-order valence-corrected chi connectivity index (χ4v) is 1.65. The van der Waals surface area contributed by atoms with Gasteiger partial charge in [-0.3, -0.25) is 9.69 Å². The average Bonchev–Trinajstić information content (AvgIpc) is 2.25. The Morgan fingerprint density at radius 1 is 1.67 bits per heavy atom. The Labute approximate surface area is 90.0 Å². The molecule has 0 aliphatic carbocycles. The van der Waals surface area contributed by atoms with E-state index < -0.39 is 12.0 Å². The lowest BCUT2D eigenvalue weighted by atomic mass is 10.2. The van der Waals surface area contributed by atoms with Gasteiger partial charge in [0.1, 0.15) is 6.04 Å². The van der Waals surface area contributed by atoms with Gasteiger partial charge in [0.25, 0.3) is 0 Å². The van der Waals surface area contributed by atoms with E-state index in [-0.39, 0.29) is 0 Å². The van der Waals surface area contributed by atoms with E-state index in [9.17, 15) is 4.79 Å². The minimum atomic E-state index is -0.800. The summed E-state index contributed by atoms with van der Waals surface area (Å²) in [4.78, 5) is 12.8. The first-order valence-electron chi connectivity index (χ1n) is 5.38. The molecule has 0 bridgehead atoms. The van der Waals surface area contributed by atoms with E-state index in [0.29, 0.717) is 33.0 Å². The fraction of sp³-hybridized carbons (Fsp3) is 0.900. The molecule has 0 saturated carbocycles. The fourth-order valence-electron chi connectivity index (χ4n) is 1.65. The van der Waals surface area contributed by atoms with Gasteiger partial charge >= 0.3 is 5.97 Å². The maximum absolute atomic E-state index is 10.9. The van der Waals surface area contributed by atoms with E-state index in [1.165, 1.54) is 0 Å². The Bertz CT molecular complexity index is 198. The number of hydrogen-bond donors (Lipinski definition) is 1. The van der Waals surface area contributed by atoms with Crippen LogP contribution in [0.2, 0.25) is 0 Å². The first-order chi connectivity index (χ1) is 7.25. The average molecular weight is 217 g/mol. The van der Waals surface area contributed by atoms with Crippen LogP contribution in [-0.4, -0.2) is 61.5 Å². The lowest BCUT2D eigenvalue weighted by Gasteiger charge is -2.32. The van der Waals surface area contributed by atoms with Crippen LogP contribution in [0.4, 0.5) is 0 Å². The summed E-state index contributed by atoms with van der Waals surface area (Å²) < 4.78 is 10.4.